The van der Waals surface area contributed by atoms with E-state index in [1.165, 1.54) is 4.80 Å². The van der Waals surface area contributed by atoms with E-state index in [0.29, 0.717) is 0 Å². The van der Waals surface area contributed by atoms with Crippen molar-refractivity contribution in [1.82, 2.24) is 15.0 Å². The maximum Gasteiger partial charge on any atom is 0.268 e. The second-order valence-electron chi connectivity index (χ2n) is 1.36. The third-order valence-corrected chi connectivity index (χ3v) is 0.948. The molecule has 0 saturated heterocycles. The summed E-state index contributed by atoms with van der Waals surface area (Å²) in [5.41, 5.74) is 0. The molecule has 0 aliphatic rings. The summed E-state index contributed by atoms with van der Waals surface area (Å²) in [4.78, 5) is 1.22. The van der Waals surface area contributed by atoms with Crippen LogP contribution in [0, 0.1) is 10.6 Å². The summed E-state index contributed by atoms with van der Waals surface area (Å²) in [7, 11) is 1.57. The lowest BCUT2D eigenvalue weighted by Crippen LogP contribution is -1.91. The van der Waals surface area contributed by atoms with Crippen molar-refractivity contribution in [3.63, 3.8) is 0 Å². The van der Waals surface area contributed by atoms with E-state index < -0.39 is 5.95 Å². The van der Waals surface area contributed by atoms with Gasteiger partial charge in [0.25, 0.3) is 5.95 Å². The van der Waals surface area contributed by atoms with Gasteiger partial charge in [0.1, 0.15) is 0 Å². The molecule has 3 nitrogen and oxygen atoms in total. The first kappa shape index (κ1) is 5.43. The maximum absolute atomic E-state index is 12.1. The van der Waals surface area contributed by atoms with Crippen molar-refractivity contribution in [2.45, 2.75) is 0 Å². The van der Waals surface area contributed by atoms with Crippen molar-refractivity contribution in [2.75, 3.05) is 0 Å². The number of aromatic amines is 1. The van der Waals surface area contributed by atoms with Gasteiger partial charge in [0.15, 0.2) is 4.64 Å². The third kappa shape index (κ3) is 0.764. The van der Waals surface area contributed by atoms with Gasteiger partial charge < -0.3 is 0 Å². The lowest BCUT2D eigenvalue weighted by Gasteiger charge is -1.78. The number of nitrogens with zero attached hydrogens (tertiary/aromatic N) is 2. The van der Waals surface area contributed by atoms with Crippen LogP contribution >= 0.6 is 12.2 Å². The van der Waals surface area contributed by atoms with Gasteiger partial charge in [0, 0.05) is 7.05 Å². The molecular formula is C3H4FN3S. The fourth-order valence-electron chi connectivity index (χ4n) is 0.395. The van der Waals surface area contributed by atoms with Crippen LogP contribution in [0.3, 0.4) is 0 Å². The van der Waals surface area contributed by atoms with Gasteiger partial charge in [-0.25, -0.2) is 4.80 Å². The van der Waals surface area contributed by atoms with Crippen LogP contribution in [0.25, 0.3) is 0 Å². The minimum Gasteiger partial charge on any atom is -0.268 e. The molecule has 0 amide bonds. The number of hydrogen-bond acceptors (Lipinski definition) is 2. The SMILES string of the molecule is Cn1nc(F)c(=S)[nH]1. The average Bonchev–Trinajstić information content (AvgIpc) is 1.85. The van der Waals surface area contributed by atoms with Gasteiger partial charge in [0.05, 0.1) is 0 Å². The smallest absolute Gasteiger partial charge is 0.268 e. The first-order valence-electron chi connectivity index (χ1n) is 1.99. The molecule has 0 radical (unpaired) electrons. The number of rotatable bonds is 0. The second-order valence-corrected chi connectivity index (χ2v) is 1.76. The van der Waals surface area contributed by atoms with Crippen LogP contribution in [-0.4, -0.2) is 15.0 Å². The van der Waals surface area contributed by atoms with Gasteiger partial charge in [-0.05, 0) is 0 Å². The highest BCUT2D eigenvalue weighted by Gasteiger charge is 1.94. The molecule has 8 heavy (non-hydrogen) atoms. The standard InChI is InChI=1S/C3H4FN3S/c1-7-5-2(4)3(8)6-7/h1H3,(H,6,8). The van der Waals surface area contributed by atoms with E-state index >= 15 is 0 Å². The van der Waals surface area contributed by atoms with E-state index in [1.807, 2.05) is 0 Å². The Kier molecular flexibility index (Phi) is 1.13. The number of nitrogens with one attached hydrogen (secondary N) is 1. The zero-order valence-corrected chi connectivity index (χ0v) is 5.00. The summed E-state index contributed by atoms with van der Waals surface area (Å²) in [6.07, 6.45) is 0. The molecule has 0 aromatic carbocycles. The van der Waals surface area contributed by atoms with E-state index in [-0.39, 0.29) is 4.64 Å². The maximum atomic E-state index is 12.1. The summed E-state index contributed by atoms with van der Waals surface area (Å²) in [6, 6.07) is 0. The monoisotopic (exact) mass is 133 g/mol. The van der Waals surface area contributed by atoms with Crippen molar-refractivity contribution in [2.24, 2.45) is 7.05 Å². The molecule has 1 heterocycles. The van der Waals surface area contributed by atoms with Gasteiger partial charge in [-0.15, -0.1) is 5.10 Å². The van der Waals surface area contributed by atoms with Crippen LogP contribution in [-0.2, 0) is 7.05 Å². The van der Waals surface area contributed by atoms with Crippen molar-refractivity contribution < 1.29 is 4.39 Å². The minimum absolute atomic E-state index is 0.0486. The molecule has 0 unspecified atom stereocenters. The van der Waals surface area contributed by atoms with E-state index in [9.17, 15) is 4.39 Å². The molecule has 5 heteroatoms. The Bertz CT molecular complexity index is 237. The molecule has 1 N–H and O–H groups in total. The lowest BCUT2D eigenvalue weighted by atomic mass is 10.9. The molecule has 44 valence electrons. The van der Waals surface area contributed by atoms with Crippen LogP contribution < -0.4 is 0 Å². The Balaban J connectivity index is 3.35. The molecule has 0 atom stereocenters. The first-order valence-corrected chi connectivity index (χ1v) is 2.40. The van der Waals surface area contributed by atoms with Gasteiger partial charge >= 0.3 is 0 Å². The molecule has 0 saturated carbocycles. The molecule has 0 aliphatic heterocycles. The van der Waals surface area contributed by atoms with Gasteiger partial charge in [-0.3, -0.25) is 5.10 Å². The van der Waals surface area contributed by atoms with Crippen LogP contribution in [0.15, 0.2) is 0 Å². The predicted molar refractivity (Wildman–Crippen MR) is 28.4 cm³/mol. The fourth-order valence-corrected chi connectivity index (χ4v) is 0.568. The average molecular weight is 133 g/mol. The number of H-pyrrole nitrogens is 1. The van der Waals surface area contributed by atoms with E-state index in [4.69, 9.17) is 0 Å². The minimum atomic E-state index is -0.623. The molecule has 0 aliphatic carbocycles. The highest BCUT2D eigenvalue weighted by molar-refractivity contribution is 7.71. The van der Waals surface area contributed by atoms with Gasteiger partial charge in [-0.2, -0.15) is 4.39 Å². The Morgan fingerprint density at radius 2 is 2.50 bits per heavy atom. The Hall–Kier alpha value is -0.710. The molecule has 1 aromatic heterocycles. The van der Waals surface area contributed by atoms with E-state index in [0.717, 1.165) is 0 Å². The van der Waals surface area contributed by atoms with Crippen LogP contribution in [0.1, 0.15) is 0 Å². The summed E-state index contributed by atoms with van der Waals surface area (Å²) in [6.45, 7) is 0. The first-order chi connectivity index (χ1) is 3.70. The highest BCUT2D eigenvalue weighted by atomic mass is 32.1. The molecule has 1 aromatic rings. The number of aromatic nitrogens is 3. The number of aryl methyl sites for hydroxylation is 1. The Labute approximate surface area is 50.1 Å². The third-order valence-electron chi connectivity index (χ3n) is 0.689. The highest BCUT2D eigenvalue weighted by Crippen LogP contribution is 1.88. The van der Waals surface area contributed by atoms with Gasteiger partial charge in [-0.1, -0.05) is 12.2 Å². The normalized spacial score (nSPS) is 9.75. The molecular weight excluding hydrogens is 129 g/mol. The number of hydrogen-bond donors (Lipinski definition) is 1. The predicted octanol–water partition coefficient (Wildman–Crippen LogP) is 0.617. The summed E-state index contributed by atoms with van der Waals surface area (Å²) in [5.74, 6) is -0.623. The zero-order chi connectivity index (χ0) is 6.15. The quantitative estimate of drug-likeness (QED) is 0.526. The largest absolute Gasteiger partial charge is 0.268 e. The van der Waals surface area contributed by atoms with Crippen LogP contribution in [0.5, 0.6) is 0 Å². The van der Waals surface area contributed by atoms with Crippen molar-refractivity contribution in [1.29, 1.82) is 0 Å². The van der Waals surface area contributed by atoms with Crippen LogP contribution in [0.4, 0.5) is 4.39 Å². The van der Waals surface area contributed by atoms with E-state index in [2.05, 4.69) is 22.4 Å². The van der Waals surface area contributed by atoms with Crippen LogP contribution in [0.2, 0.25) is 0 Å². The van der Waals surface area contributed by atoms with Crippen molar-refractivity contribution in [3.05, 3.63) is 10.6 Å². The molecule has 0 fully saturated rings. The van der Waals surface area contributed by atoms with Crippen molar-refractivity contribution in [3.8, 4) is 0 Å². The lowest BCUT2D eigenvalue weighted by molar-refractivity contribution is 0.541. The molecule has 0 spiro atoms. The van der Waals surface area contributed by atoms with Gasteiger partial charge in [0.2, 0.25) is 0 Å². The summed E-state index contributed by atoms with van der Waals surface area (Å²) >= 11 is 4.46. The Morgan fingerprint density at radius 1 is 1.88 bits per heavy atom. The molecule has 1 rings (SSSR count). The van der Waals surface area contributed by atoms with Crippen molar-refractivity contribution >= 4 is 12.2 Å². The number of halogens is 1. The topological polar surface area (TPSA) is 33.6 Å². The Morgan fingerprint density at radius 3 is 2.62 bits per heavy atom. The summed E-state index contributed by atoms with van der Waals surface area (Å²) in [5, 5.41) is 5.75. The van der Waals surface area contributed by atoms with E-state index in [1.54, 1.807) is 7.05 Å². The second kappa shape index (κ2) is 1.66. The zero-order valence-electron chi connectivity index (χ0n) is 4.18. The summed E-state index contributed by atoms with van der Waals surface area (Å²) < 4.78 is 12.1. The molecule has 0 bridgehead atoms. The fraction of sp³-hybridized carbons (Fsp3) is 0.333.